The smallest absolute Gasteiger partial charge is 0.233 e. The third kappa shape index (κ3) is 5.68. The van der Waals surface area contributed by atoms with Crippen molar-refractivity contribution in [3.63, 3.8) is 0 Å². The van der Waals surface area contributed by atoms with Gasteiger partial charge in [-0.3, -0.25) is 9.69 Å². The quantitative estimate of drug-likeness (QED) is 0.571. The molecule has 0 bridgehead atoms. The number of likely N-dealkylation sites (N-methyl/N-ethyl adjacent to an activating group) is 1. The van der Waals surface area contributed by atoms with Crippen LogP contribution in [0.3, 0.4) is 0 Å². The highest BCUT2D eigenvalue weighted by Crippen LogP contribution is 2.31. The van der Waals surface area contributed by atoms with E-state index in [-0.39, 0.29) is 5.91 Å². The van der Waals surface area contributed by atoms with Crippen LogP contribution < -0.4 is 10.1 Å². The van der Waals surface area contributed by atoms with Gasteiger partial charge in [0.15, 0.2) is 0 Å². The molecule has 0 aliphatic heterocycles. The van der Waals surface area contributed by atoms with Crippen molar-refractivity contribution in [2.45, 2.75) is 19.9 Å². The average Bonchev–Trinajstić information content (AvgIpc) is 3.26. The SMILES string of the molecule is CCOc1ncccc1-c1ccccc1CCN(CC(=O)NC)Cc1ccco1. The van der Waals surface area contributed by atoms with Crippen molar-refractivity contribution in [2.24, 2.45) is 0 Å². The van der Waals surface area contributed by atoms with Gasteiger partial charge in [-0.1, -0.05) is 24.3 Å². The zero-order valence-corrected chi connectivity index (χ0v) is 16.9. The van der Waals surface area contributed by atoms with E-state index in [2.05, 4.69) is 27.3 Å². The summed E-state index contributed by atoms with van der Waals surface area (Å²) in [6.07, 6.45) is 4.18. The van der Waals surface area contributed by atoms with Crippen molar-refractivity contribution < 1.29 is 13.9 Å². The Hall–Kier alpha value is -3.12. The Labute approximate surface area is 171 Å². The Kier molecular flexibility index (Phi) is 7.41. The van der Waals surface area contributed by atoms with E-state index in [1.54, 1.807) is 19.5 Å². The molecule has 2 aromatic heterocycles. The molecule has 6 nitrogen and oxygen atoms in total. The van der Waals surface area contributed by atoms with Crippen molar-refractivity contribution in [1.29, 1.82) is 0 Å². The highest BCUT2D eigenvalue weighted by atomic mass is 16.5. The molecule has 3 aromatic rings. The molecule has 29 heavy (non-hydrogen) atoms. The van der Waals surface area contributed by atoms with Crippen LogP contribution in [0, 0.1) is 0 Å². The zero-order chi connectivity index (χ0) is 20.5. The van der Waals surface area contributed by atoms with Gasteiger partial charge in [0.25, 0.3) is 0 Å². The summed E-state index contributed by atoms with van der Waals surface area (Å²) in [6, 6.07) is 16.0. The number of amides is 1. The average molecular weight is 393 g/mol. The predicted octanol–water partition coefficient (Wildman–Crippen LogP) is 3.53. The second kappa shape index (κ2) is 10.4. The van der Waals surface area contributed by atoms with Crippen molar-refractivity contribution in [1.82, 2.24) is 15.2 Å². The van der Waals surface area contributed by atoms with Crippen molar-refractivity contribution >= 4 is 5.91 Å². The largest absolute Gasteiger partial charge is 0.478 e. The summed E-state index contributed by atoms with van der Waals surface area (Å²) < 4.78 is 11.2. The molecule has 6 heteroatoms. The Morgan fingerprint density at radius 1 is 1.14 bits per heavy atom. The molecule has 1 aromatic carbocycles. The number of furan rings is 1. The molecule has 0 saturated carbocycles. The van der Waals surface area contributed by atoms with E-state index in [0.717, 1.165) is 29.9 Å². The van der Waals surface area contributed by atoms with Crippen LogP contribution in [0.4, 0.5) is 0 Å². The number of rotatable bonds is 10. The van der Waals surface area contributed by atoms with E-state index >= 15 is 0 Å². The number of aromatic nitrogens is 1. The summed E-state index contributed by atoms with van der Waals surface area (Å²) in [5.74, 6) is 1.46. The van der Waals surface area contributed by atoms with Crippen molar-refractivity contribution in [2.75, 3.05) is 26.7 Å². The van der Waals surface area contributed by atoms with Crippen LogP contribution in [-0.2, 0) is 17.8 Å². The van der Waals surface area contributed by atoms with Crippen LogP contribution in [0.2, 0.25) is 0 Å². The van der Waals surface area contributed by atoms with Crippen LogP contribution in [0.5, 0.6) is 5.88 Å². The van der Waals surface area contributed by atoms with Crippen molar-refractivity contribution in [3.8, 4) is 17.0 Å². The summed E-state index contributed by atoms with van der Waals surface area (Å²) in [5.41, 5.74) is 3.26. The number of benzene rings is 1. The minimum Gasteiger partial charge on any atom is -0.478 e. The maximum Gasteiger partial charge on any atom is 0.233 e. The van der Waals surface area contributed by atoms with E-state index < -0.39 is 0 Å². The topological polar surface area (TPSA) is 67.6 Å². The van der Waals surface area contributed by atoms with E-state index in [0.29, 0.717) is 25.6 Å². The van der Waals surface area contributed by atoms with Gasteiger partial charge in [0.2, 0.25) is 11.8 Å². The summed E-state index contributed by atoms with van der Waals surface area (Å²) in [5, 5.41) is 2.70. The molecule has 0 saturated heterocycles. The van der Waals surface area contributed by atoms with E-state index in [4.69, 9.17) is 9.15 Å². The molecule has 0 atom stereocenters. The first-order chi connectivity index (χ1) is 14.2. The minimum atomic E-state index is -0.0178. The molecule has 0 spiro atoms. The second-order valence-electron chi connectivity index (χ2n) is 6.66. The molecule has 0 fully saturated rings. The van der Waals surface area contributed by atoms with Crippen LogP contribution in [0.25, 0.3) is 11.1 Å². The van der Waals surface area contributed by atoms with Gasteiger partial charge in [-0.15, -0.1) is 0 Å². The molecule has 3 rings (SSSR count). The zero-order valence-electron chi connectivity index (χ0n) is 16.9. The van der Waals surface area contributed by atoms with E-state index in [9.17, 15) is 4.79 Å². The fourth-order valence-electron chi connectivity index (χ4n) is 3.25. The normalized spacial score (nSPS) is 10.9. The van der Waals surface area contributed by atoms with Crippen LogP contribution in [0.15, 0.2) is 65.4 Å². The third-order valence-electron chi connectivity index (χ3n) is 4.66. The molecule has 0 aliphatic rings. The summed E-state index contributed by atoms with van der Waals surface area (Å²) in [4.78, 5) is 18.4. The molecule has 152 valence electrons. The van der Waals surface area contributed by atoms with Gasteiger partial charge in [-0.05, 0) is 48.7 Å². The van der Waals surface area contributed by atoms with E-state index in [1.807, 2.05) is 43.3 Å². The molecular formula is C23H27N3O3. The molecule has 1 N–H and O–H groups in total. The molecule has 2 heterocycles. The number of ether oxygens (including phenoxy) is 1. The monoisotopic (exact) mass is 393 g/mol. The lowest BCUT2D eigenvalue weighted by molar-refractivity contribution is -0.121. The Morgan fingerprint density at radius 2 is 1.97 bits per heavy atom. The van der Waals surface area contributed by atoms with Crippen LogP contribution in [-0.4, -0.2) is 42.5 Å². The Morgan fingerprint density at radius 3 is 2.72 bits per heavy atom. The Balaban J connectivity index is 1.79. The number of pyridine rings is 1. The Bertz CT molecular complexity index is 909. The summed E-state index contributed by atoms with van der Waals surface area (Å²) in [7, 11) is 1.65. The van der Waals surface area contributed by atoms with E-state index in [1.165, 1.54) is 5.56 Å². The minimum absolute atomic E-state index is 0.0178. The second-order valence-corrected chi connectivity index (χ2v) is 6.66. The molecule has 0 aliphatic carbocycles. The molecule has 0 unspecified atom stereocenters. The number of carbonyl (C=O) groups is 1. The highest BCUT2D eigenvalue weighted by Gasteiger charge is 2.15. The number of nitrogens with zero attached hydrogens (tertiary/aromatic N) is 2. The van der Waals surface area contributed by atoms with Gasteiger partial charge in [0, 0.05) is 25.4 Å². The van der Waals surface area contributed by atoms with Gasteiger partial charge in [-0.25, -0.2) is 4.98 Å². The lowest BCUT2D eigenvalue weighted by atomic mass is 9.98. The lowest BCUT2D eigenvalue weighted by Gasteiger charge is -2.21. The maximum absolute atomic E-state index is 12.0. The van der Waals surface area contributed by atoms with Gasteiger partial charge in [0.1, 0.15) is 5.76 Å². The molecule has 0 radical (unpaired) electrons. The fourth-order valence-corrected chi connectivity index (χ4v) is 3.25. The third-order valence-corrected chi connectivity index (χ3v) is 4.66. The van der Waals surface area contributed by atoms with Gasteiger partial charge >= 0.3 is 0 Å². The van der Waals surface area contributed by atoms with Crippen LogP contribution >= 0.6 is 0 Å². The van der Waals surface area contributed by atoms with Gasteiger partial charge in [0.05, 0.1) is 26.0 Å². The maximum atomic E-state index is 12.0. The first-order valence-electron chi connectivity index (χ1n) is 9.82. The fraction of sp³-hybridized carbons (Fsp3) is 0.304. The standard InChI is InChI=1S/C23H27N3O3/c1-3-28-23-21(11-6-13-25-23)20-10-5-4-8-18(20)12-14-26(17-22(27)24-2)16-19-9-7-15-29-19/h4-11,13,15H,3,12,14,16-17H2,1-2H3,(H,24,27). The van der Waals surface area contributed by atoms with Crippen LogP contribution in [0.1, 0.15) is 18.2 Å². The molecular weight excluding hydrogens is 366 g/mol. The number of carbonyl (C=O) groups excluding carboxylic acids is 1. The van der Waals surface area contributed by atoms with Gasteiger partial charge < -0.3 is 14.5 Å². The number of nitrogens with one attached hydrogen (secondary N) is 1. The number of hydrogen-bond acceptors (Lipinski definition) is 5. The van der Waals surface area contributed by atoms with Gasteiger partial charge in [-0.2, -0.15) is 0 Å². The summed E-state index contributed by atoms with van der Waals surface area (Å²) in [6.45, 7) is 4.14. The van der Waals surface area contributed by atoms with Crippen molar-refractivity contribution in [3.05, 3.63) is 72.3 Å². The lowest BCUT2D eigenvalue weighted by Crippen LogP contribution is -2.36. The predicted molar refractivity (Wildman–Crippen MR) is 113 cm³/mol. The highest BCUT2D eigenvalue weighted by molar-refractivity contribution is 5.77. The summed E-state index contributed by atoms with van der Waals surface area (Å²) >= 11 is 0. The first-order valence-corrected chi connectivity index (χ1v) is 9.82. The number of hydrogen-bond donors (Lipinski definition) is 1. The first kappa shape index (κ1) is 20.6. The molecule has 1 amide bonds.